The van der Waals surface area contributed by atoms with Crippen LogP contribution in [0.3, 0.4) is 0 Å². The summed E-state index contributed by atoms with van der Waals surface area (Å²) in [7, 11) is 0. The zero-order valence-electron chi connectivity index (χ0n) is 11.1. The minimum atomic E-state index is -0.323. The van der Waals surface area contributed by atoms with Crippen molar-refractivity contribution in [3.05, 3.63) is 34.7 Å². The van der Waals surface area contributed by atoms with Gasteiger partial charge >= 0.3 is 5.97 Å². The number of nitrogens with two attached hydrogens (primary N) is 1. The first kappa shape index (κ1) is 12.9. The molecule has 2 aromatic rings. The molecule has 0 saturated heterocycles. The average Bonchev–Trinajstić information content (AvgIpc) is 2.67. The lowest BCUT2D eigenvalue weighted by atomic mass is 10.1. The quantitative estimate of drug-likeness (QED) is 0.862. The van der Waals surface area contributed by atoms with E-state index in [1.807, 2.05) is 30.3 Å². The van der Waals surface area contributed by atoms with Crippen LogP contribution < -0.4 is 5.73 Å². The average molecular weight is 286 g/mol. The molecule has 0 aliphatic carbocycles. The summed E-state index contributed by atoms with van der Waals surface area (Å²) in [6.45, 7) is 2.14. The van der Waals surface area contributed by atoms with Crippen LogP contribution in [0.25, 0.3) is 16.2 Å². The maximum absolute atomic E-state index is 11.9. The smallest absolute Gasteiger partial charge is 0.334 e. The van der Waals surface area contributed by atoms with Crippen molar-refractivity contribution in [2.24, 2.45) is 10.7 Å². The second-order valence-corrected chi connectivity index (χ2v) is 5.56. The minimum absolute atomic E-state index is 0.323. The van der Waals surface area contributed by atoms with Crippen LogP contribution in [-0.4, -0.2) is 18.4 Å². The van der Waals surface area contributed by atoms with Crippen LogP contribution in [-0.2, 0) is 9.53 Å². The number of carbonyl (C=O) groups excluding carboxylic acids is 1. The Hall–Kier alpha value is -2.14. The highest BCUT2D eigenvalue weighted by Gasteiger charge is 2.19. The number of rotatable bonds is 2. The molecule has 1 aromatic carbocycles. The number of esters is 1. The molecule has 1 aromatic heterocycles. The summed E-state index contributed by atoms with van der Waals surface area (Å²) in [6, 6.07) is 8.02. The van der Waals surface area contributed by atoms with E-state index in [1.54, 1.807) is 18.3 Å². The highest BCUT2D eigenvalue weighted by molar-refractivity contribution is 7.20. The van der Waals surface area contributed by atoms with Gasteiger partial charge in [0.05, 0.1) is 17.2 Å². The SMILES string of the molecule is CCOC(=O)C1=Cc2sc3ccccc3c2N=C(N)C1. The van der Waals surface area contributed by atoms with E-state index in [2.05, 4.69) is 4.99 Å². The van der Waals surface area contributed by atoms with Crippen LogP contribution in [0.1, 0.15) is 18.2 Å². The zero-order chi connectivity index (χ0) is 14.1. The molecule has 1 aliphatic rings. The fourth-order valence-corrected chi connectivity index (χ4v) is 3.32. The van der Waals surface area contributed by atoms with E-state index < -0.39 is 0 Å². The van der Waals surface area contributed by atoms with Crippen LogP contribution in [0.15, 0.2) is 34.8 Å². The van der Waals surface area contributed by atoms with Crippen LogP contribution in [0.4, 0.5) is 5.69 Å². The molecule has 0 radical (unpaired) electrons. The maximum atomic E-state index is 11.9. The maximum Gasteiger partial charge on any atom is 0.334 e. The monoisotopic (exact) mass is 286 g/mol. The summed E-state index contributed by atoms with van der Waals surface area (Å²) in [5.41, 5.74) is 7.33. The first-order valence-electron chi connectivity index (χ1n) is 6.41. The van der Waals surface area contributed by atoms with Gasteiger partial charge in [0.1, 0.15) is 5.84 Å². The number of ether oxygens (including phenoxy) is 1. The van der Waals surface area contributed by atoms with Gasteiger partial charge < -0.3 is 10.5 Å². The molecule has 2 N–H and O–H groups in total. The lowest BCUT2D eigenvalue weighted by Gasteiger charge is -2.04. The van der Waals surface area contributed by atoms with Crippen molar-refractivity contribution in [2.45, 2.75) is 13.3 Å². The second kappa shape index (κ2) is 5.09. The Morgan fingerprint density at radius 1 is 1.45 bits per heavy atom. The minimum Gasteiger partial charge on any atom is -0.463 e. The highest BCUT2D eigenvalue weighted by atomic mass is 32.1. The van der Waals surface area contributed by atoms with Crippen molar-refractivity contribution in [3.63, 3.8) is 0 Å². The summed E-state index contributed by atoms with van der Waals surface area (Å²) in [5.74, 6) is 0.113. The van der Waals surface area contributed by atoms with Crippen molar-refractivity contribution < 1.29 is 9.53 Å². The van der Waals surface area contributed by atoms with Crippen molar-refractivity contribution in [2.75, 3.05) is 6.61 Å². The summed E-state index contributed by atoms with van der Waals surface area (Å²) in [4.78, 5) is 17.3. The standard InChI is InChI=1S/C15H14N2O2S/c1-2-19-15(18)9-7-12-14(17-13(16)8-9)10-5-3-4-6-11(10)20-12/h3-7H,2,8H2,1H3,(H2,16,17). The predicted octanol–water partition coefficient (Wildman–Crippen LogP) is 3.24. The summed E-state index contributed by atoms with van der Waals surface area (Å²) in [6.07, 6.45) is 2.18. The van der Waals surface area contributed by atoms with Crippen molar-refractivity contribution in [1.82, 2.24) is 0 Å². The summed E-state index contributed by atoms with van der Waals surface area (Å²) >= 11 is 1.61. The molecular weight excluding hydrogens is 272 g/mol. The van der Waals surface area contributed by atoms with E-state index >= 15 is 0 Å². The Kier molecular flexibility index (Phi) is 3.28. The van der Waals surface area contributed by atoms with Gasteiger partial charge in [0.2, 0.25) is 0 Å². The van der Waals surface area contributed by atoms with Crippen LogP contribution in [0.2, 0.25) is 0 Å². The van der Waals surface area contributed by atoms with Gasteiger partial charge in [-0.15, -0.1) is 11.3 Å². The summed E-state index contributed by atoms with van der Waals surface area (Å²) < 4.78 is 6.20. The van der Waals surface area contributed by atoms with Crippen molar-refractivity contribution >= 4 is 45.0 Å². The molecule has 0 amide bonds. The molecule has 0 fully saturated rings. The molecule has 0 saturated carbocycles. The van der Waals surface area contributed by atoms with Gasteiger partial charge in [0.15, 0.2) is 0 Å². The highest BCUT2D eigenvalue weighted by Crippen LogP contribution is 2.40. The van der Waals surface area contributed by atoms with Gasteiger partial charge in [-0.2, -0.15) is 0 Å². The molecule has 1 aliphatic heterocycles. The normalized spacial score (nSPS) is 14.2. The number of benzene rings is 1. The Morgan fingerprint density at radius 3 is 3.05 bits per heavy atom. The number of nitrogens with zero attached hydrogens (tertiary/aromatic N) is 1. The number of hydrogen-bond donors (Lipinski definition) is 1. The third-order valence-corrected chi connectivity index (χ3v) is 4.17. The molecular formula is C15H14N2O2S. The Balaban J connectivity index is 2.16. The summed E-state index contributed by atoms with van der Waals surface area (Å²) in [5, 5.41) is 1.07. The second-order valence-electron chi connectivity index (χ2n) is 4.48. The predicted molar refractivity (Wildman–Crippen MR) is 82.3 cm³/mol. The van der Waals surface area contributed by atoms with Gasteiger partial charge in [-0.05, 0) is 19.1 Å². The molecule has 2 heterocycles. The van der Waals surface area contributed by atoms with E-state index in [-0.39, 0.29) is 5.97 Å². The van der Waals surface area contributed by atoms with E-state index in [0.29, 0.717) is 24.4 Å². The fraction of sp³-hybridized carbons (Fsp3) is 0.200. The van der Waals surface area contributed by atoms with Crippen LogP contribution in [0.5, 0.6) is 0 Å². The molecule has 0 atom stereocenters. The Morgan fingerprint density at radius 2 is 2.25 bits per heavy atom. The van der Waals surface area contributed by atoms with Crippen molar-refractivity contribution in [1.29, 1.82) is 0 Å². The molecule has 3 rings (SSSR count). The van der Waals surface area contributed by atoms with E-state index in [9.17, 15) is 4.79 Å². The Labute approximate surface area is 120 Å². The molecule has 4 nitrogen and oxygen atoms in total. The van der Waals surface area contributed by atoms with E-state index in [0.717, 1.165) is 20.7 Å². The van der Waals surface area contributed by atoms with Gasteiger partial charge in [0.25, 0.3) is 0 Å². The molecule has 20 heavy (non-hydrogen) atoms. The molecule has 5 heteroatoms. The topological polar surface area (TPSA) is 64.7 Å². The van der Waals surface area contributed by atoms with Gasteiger partial charge in [0, 0.05) is 22.1 Å². The lowest BCUT2D eigenvalue weighted by Crippen LogP contribution is -2.16. The Bertz CT molecular complexity index is 743. The number of fused-ring (bicyclic) bond motifs is 3. The van der Waals surface area contributed by atoms with E-state index in [4.69, 9.17) is 10.5 Å². The van der Waals surface area contributed by atoms with Crippen LogP contribution in [0, 0.1) is 0 Å². The largest absolute Gasteiger partial charge is 0.463 e. The number of thiophene rings is 1. The number of hydrogen-bond acceptors (Lipinski definition) is 5. The third kappa shape index (κ3) is 2.20. The first-order valence-corrected chi connectivity index (χ1v) is 7.23. The number of amidine groups is 1. The molecule has 102 valence electrons. The van der Waals surface area contributed by atoms with Gasteiger partial charge in [-0.1, -0.05) is 18.2 Å². The van der Waals surface area contributed by atoms with Crippen molar-refractivity contribution in [3.8, 4) is 0 Å². The number of aliphatic imine (C=N–C) groups is 1. The van der Waals surface area contributed by atoms with Gasteiger partial charge in [-0.25, -0.2) is 9.79 Å². The first-order chi connectivity index (χ1) is 9.69. The van der Waals surface area contributed by atoms with Gasteiger partial charge in [-0.3, -0.25) is 0 Å². The fourth-order valence-electron chi connectivity index (χ4n) is 2.21. The molecule has 0 unspecified atom stereocenters. The zero-order valence-corrected chi connectivity index (χ0v) is 11.9. The van der Waals surface area contributed by atoms with Crippen LogP contribution >= 0.6 is 11.3 Å². The third-order valence-electron chi connectivity index (χ3n) is 3.07. The lowest BCUT2D eigenvalue weighted by molar-refractivity contribution is -0.138. The molecule has 0 spiro atoms. The molecule has 0 bridgehead atoms. The number of carbonyl (C=O) groups is 1. The van der Waals surface area contributed by atoms with E-state index in [1.165, 1.54) is 0 Å².